The van der Waals surface area contributed by atoms with Crippen LogP contribution in [0.5, 0.6) is 0 Å². The minimum Gasteiger partial charge on any atom is -0.373 e. The van der Waals surface area contributed by atoms with Crippen LogP contribution in [0.15, 0.2) is 12.3 Å². The van der Waals surface area contributed by atoms with Crippen LogP contribution in [0.1, 0.15) is 19.4 Å². The van der Waals surface area contributed by atoms with Crippen molar-refractivity contribution < 1.29 is 5.11 Å². The zero-order valence-corrected chi connectivity index (χ0v) is 7.81. The first-order chi connectivity index (χ1) is 6.20. The average Bonchev–Trinajstić information content (AvgIpc) is 2.39. The first-order valence-corrected chi connectivity index (χ1v) is 4.47. The van der Waals surface area contributed by atoms with Gasteiger partial charge in [0, 0.05) is 18.0 Å². The molecular formula is C9H13N3O. The number of aliphatic hydroxyl groups is 1. The number of hydrogen-bond acceptors (Lipinski definition) is 4. The average molecular weight is 179 g/mol. The number of fused-ring (bicyclic) bond motifs is 1. The molecule has 1 aromatic rings. The topological polar surface area (TPSA) is 49.2 Å². The lowest BCUT2D eigenvalue weighted by molar-refractivity contribution is 0.171. The molecule has 0 spiro atoms. The third-order valence-corrected chi connectivity index (χ3v) is 2.31. The lowest BCUT2D eigenvalue weighted by atomic mass is 10.2. The highest BCUT2D eigenvalue weighted by molar-refractivity contribution is 5.52. The van der Waals surface area contributed by atoms with Crippen LogP contribution >= 0.6 is 0 Å². The molecule has 1 N–H and O–H groups in total. The lowest BCUT2D eigenvalue weighted by Crippen LogP contribution is -2.37. The van der Waals surface area contributed by atoms with E-state index in [-0.39, 0.29) is 6.04 Å². The molecule has 4 nitrogen and oxygen atoms in total. The molecule has 0 aromatic carbocycles. The molecule has 0 fully saturated rings. The van der Waals surface area contributed by atoms with E-state index < -0.39 is 6.23 Å². The summed E-state index contributed by atoms with van der Waals surface area (Å²) in [5, 5.41) is 17.6. The number of anilines is 1. The fraction of sp³-hybridized carbons (Fsp3) is 0.556. The Bertz CT molecular complexity index is 313. The standard InChI is InChI=1S/C9H13N3O/c1-6(2)12-8(13)5-7-3-4-10-11-9(7)12/h3-4,6,8,13H,5H2,1-2H3. The Morgan fingerprint density at radius 1 is 1.62 bits per heavy atom. The molecule has 13 heavy (non-hydrogen) atoms. The van der Waals surface area contributed by atoms with Gasteiger partial charge >= 0.3 is 0 Å². The Labute approximate surface area is 77.2 Å². The maximum Gasteiger partial charge on any atom is 0.156 e. The maximum atomic E-state index is 9.74. The van der Waals surface area contributed by atoms with Crippen LogP contribution in [0.3, 0.4) is 0 Å². The third-order valence-electron chi connectivity index (χ3n) is 2.31. The van der Waals surface area contributed by atoms with E-state index in [0.717, 1.165) is 11.4 Å². The van der Waals surface area contributed by atoms with Crippen LogP contribution in [0.25, 0.3) is 0 Å². The Kier molecular flexibility index (Phi) is 1.92. The molecule has 0 amide bonds. The predicted octanol–water partition coefficient (Wildman–Crippen LogP) is 0.566. The number of rotatable bonds is 1. The fourth-order valence-electron chi connectivity index (χ4n) is 1.75. The number of aromatic nitrogens is 2. The molecule has 1 atom stereocenters. The summed E-state index contributed by atoms with van der Waals surface area (Å²) < 4.78 is 0. The van der Waals surface area contributed by atoms with E-state index in [1.54, 1.807) is 6.20 Å². The highest BCUT2D eigenvalue weighted by Gasteiger charge is 2.30. The summed E-state index contributed by atoms with van der Waals surface area (Å²) in [6.07, 6.45) is 1.88. The molecule has 2 rings (SSSR count). The summed E-state index contributed by atoms with van der Waals surface area (Å²) in [7, 11) is 0. The van der Waals surface area contributed by atoms with Gasteiger partial charge in [0.2, 0.25) is 0 Å². The predicted molar refractivity (Wildman–Crippen MR) is 49.4 cm³/mol. The highest BCUT2D eigenvalue weighted by Crippen LogP contribution is 2.29. The van der Waals surface area contributed by atoms with E-state index in [9.17, 15) is 5.11 Å². The Morgan fingerprint density at radius 2 is 2.38 bits per heavy atom. The minimum absolute atomic E-state index is 0.257. The molecule has 0 bridgehead atoms. The first-order valence-electron chi connectivity index (χ1n) is 4.47. The van der Waals surface area contributed by atoms with E-state index in [4.69, 9.17) is 0 Å². The maximum absolute atomic E-state index is 9.74. The zero-order valence-electron chi connectivity index (χ0n) is 7.81. The van der Waals surface area contributed by atoms with Gasteiger partial charge in [0.25, 0.3) is 0 Å². The van der Waals surface area contributed by atoms with Crippen LogP contribution in [0, 0.1) is 0 Å². The zero-order chi connectivity index (χ0) is 9.42. The SMILES string of the molecule is CC(C)N1c2nnccc2CC1O. The molecule has 2 heterocycles. The summed E-state index contributed by atoms with van der Waals surface area (Å²) in [5.41, 5.74) is 1.08. The van der Waals surface area contributed by atoms with Crippen molar-refractivity contribution in [1.29, 1.82) is 0 Å². The van der Waals surface area contributed by atoms with Gasteiger partial charge in [-0.25, -0.2) is 0 Å². The van der Waals surface area contributed by atoms with Crippen LogP contribution in [-0.2, 0) is 6.42 Å². The smallest absolute Gasteiger partial charge is 0.156 e. The molecule has 0 saturated carbocycles. The number of nitrogens with zero attached hydrogens (tertiary/aromatic N) is 3. The van der Waals surface area contributed by atoms with Gasteiger partial charge in [0.1, 0.15) is 6.23 Å². The van der Waals surface area contributed by atoms with E-state index in [1.807, 2.05) is 24.8 Å². The van der Waals surface area contributed by atoms with Gasteiger partial charge in [0.15, 0.2) is 5.82 Å². The second-order valence-corrected chi connectivity index (χ2v) is 3.57. The molecule has 0 aliphatic carbocycles. The Morgan fingerprint density at radius 3 is 3.08 bits per heavy atom. The van der Waals surface area contributed by atoms with Crippen molar-refractivity contribution in [2.45, 2.75) is 32.5 Å². The van der Waals surface area contributed by atoms with E-state index in [2.05, 4.69) is 10.2 Å². The second-order valence-electron chi connectivity index (χ2n) is 3.57. The summed E-state index contributed by atoms with van der Waals surface area (Å²) >= 11 is 0. The van der Waals surface area contributed by atoms with Gasteiger partial charge in [0.05, 0.1) is 6.20 Å². The van der Waals surface area contributed by atoms with Crippen molar-refractivity contribution in [2.24, 2.45) is 0 Å². The molecule has 0 radical (unpaired) electrons. The van der Waals surface area contributed by atoms with Crippen LogP contribution in [0.4, 0.5) is 5.82 Å². The largest absolute Gasteiger partial charge is 0.373 e. The monoisotopic (exact) mass is 179 g/mol. The second kappa shape index (κ2) is 2.96. The van der Waals surface area contributed by atoms with E-state index in [1.165, 1.54) is 0 Å². The lowest BCUT2D eigenvalue weighted by Gasteiger charge is -2.26. The minimum atomic E-state index is -0.438. The van der Waals surface area contributed by atoms with Crippen molar-refractivity contribution in [3.05, 3.63) is 17.8 Å². The highest BCUT2D eigenvalue weighted by atomic mass is 16.3. The summed E-state index contributed by atoms with van der Waals surface area (Å²) in [5.74, 6) is 0.824. The summed E-state index contributed by atoms with van der Waals surface area (Å²) in [4.78, 5) is 1.89. The molecular weight excluding hydrogens is 166 g/mol. The quantitative estimate of drug-likeness (QED) is 0.684. The molecule has 1 aliphatic heterocycles. The molecule has 4 heteroatoms. The van der Waals surface area contributed by atoms with Gasteiger partial charge in [-0.05, 0) is 19.9 Å². The van der Waals surface area contributed by atoms with Gasteiger partial charge in [-0.1, -0.05) is 0 Å². The van der Waals surface area contributed by atoms with Crippen LogP contribution in [-0.4, -0.2) is 27.6 Å². The first kappa shape index (κ1) is 8.44. The van der Waals surface area contributed by atoms with Crippen molar-refractivity contribution in [2.75, 3.05) is 4.90 Å². The number of hydrogen-bond donors (Lipinski definition) is 1. The van der Waals surface area contributed by atoms with Gasteiger partial charge < -0.3 is 10.0 Å². The van der Waals surface area contributed by atoms with Gasteiger partial charge in [-0.3, -0.25) is 0 Å². The summed E-state index contributed by atoms with van der Waals surface area (Å²) in [6, 6.07) is 2.17. The van der Waals surface area contributed by atoms with E-state index >= 15 is 0 Å². The molecule has 0 saturated heterocycles. The fourth-order valence-corrected chi connectivity index (χ4v) is 1.75. The van der Waals surface area contributed by atoms with Crippen molar-refractivity contribution in [1.82, 2.24) is 10.2 Å². The van der Waals surface area contributed by atoms with Gasteiger partial charge in [-0.2, -0.15) is 5.10 Å². The summed E-state index contributed by atoms with van der Waals surface area (Å²) in [6.45, 7) is 4.07. The molecule has 70 valence electrons. The molecule has 1 aromatic heterocycles. The van der Waals surface area contributed by atoms with Crippen molar-refractivity contribution >= 4 is 5.82 Å². The van der Waals surface area contributed by atoms with Gasteiger partial charge in [-0.15, -0.1) is 5.10 Å². The van der Waals surface area contributed by atoms with Crippen LogP contribution in [0.2, 0.25) is 0 Å². The van der Waals surface area contributed by atoms with E-state index in [0.29, 0.717) is 6.42 Å². The van der Waals surface area contributed by atoms with Crippen LogP contribution < -0.4 is 4.90 Å². The molecule has 1 aliphatic rings. The Balaban J connectivity index is 2.40. The Hall–Kier alpha value is -1.16. The molecule has 1 unspecified atom stereocenters. The third kappa shape index (κ3) is 1.27. The normalized spacial score (nSPS) is 20.9. The van der Waals surface area contributed by atoms with Crippen molar-refractivity contribution in [3.63, 3.8) is 0 Å². The van der Waals surface area contributed by atoms with Crippen molar-refractivity contribution in [3.8, 4) is 0 Å². The number of aliphatic hydroxyl groups excluding tert-OH is 1.